The fourth-order valence-corrected chi connectivity index (χ4v) is 4.77. The van der Waals surface area contributed by atoms with Crippen LogP contribution in [0.3, 0.4) is 0 Å². The highest BCUT2D eigenvalue weighted by Crippen LogP contribution is 2.37. The van der Waals surface area contributed by atoms with Crippen molar-refractivity contribution in [1.82, 2.24) is 14.3 Å². The smallest absolute Gasteiger partial charge is 0.279 e. The van der Waals surface area contributed by atoms with Gasteiger partial charge in [0.05, 0.1) is 0 Å². The number of hydrogen-bond acceptors (Lipinski definition) is 4. The molecule has 20 heavy (non-hydrogen) atoms. The van der Waals surface area contributed by atoms with E-state index in [0.29, 0.717) is 19.1 Å². The zero-order valence-corrected chi connectivity index (χ0v) is 14.2. The van der Waals surface area contributed by atoms with Crippen LogP contribution in [-0.4, -0.2) is 55.9 Å². The van der Waals surface area contributed by atoms with Gasteiger partial charge in [0.15, 0.2) is 0 Å². The maximum Gasteiger partial charge on any atom is 0.279 e. The minimum absolute atomic E-state index is 0.0709. The van der Waals surface area contributed by atoms with Gasteiger partial charge in [-0.3, -0.25) is 0 Å². The third kappa shape index (κ3) is 5.18. The van der Waals surface area contributed by atoms with Crippen molar-refractivity contribution in [3.63, 3.8) is 0 Å². The summed E-state index contributed by atoms with van der Waals surface area (Å²) in [6.45, 7) is 4.15. The zero-order valence-electron chi connectivity index (χ0n) is 12.5. The maximum atomic E-state index is 12.2. The van der Waals surface area contributed by atoms with E-state index in [1.807, 2.05) is 11.8 Å². The maximum absolute atomic E-state index is 12.2. The quantitative estimate of drug-likeness (QED) is 0.626. The van der Waals surface area contributed by atoms with E-state index in [2.05, 4.69) is 17.0 Å². The molecule has 0 bridgehead atoms. The first-order valence-electron chi connectivity index (χ1n) is 7.50. The Balaban J connectivity index is 1.67. The van der Waals surface area contributed by atoms with Crippen molar-refractivity contribution >= 4 is 22.0 Å². The Labute approximate surface area is 127 Å². The van der Waals surface area contributed by atoms with Crippen molar-refractivity contribution in [2.24, 2.45) is 0 Å². The summed E-state index contributed by atoms with van der Waals surface area (Å²) in [5, 5.41) is 3.40. The van der Waals surface area contributed by atoms with E-state index in [9.17, 15) is 8.42 Å². The molecule has 1 saturated heterocycles. The summed E-state index contributed by atoms with van der Waals surface area (Å²) in [5.41, 5.74) is 0. The second-order valence-corrected chi connectivity index (χ2v) is 9.68. The number of nitrogens with zero attached hydrogens (tertiary/aromatic N) is 1. The molecule has 118 valence electrons. The van der Waals surface area contributed by atoms with Crippen molar-refractivity contribution in [3.05, 3.63) is 0 Å². The van der Waals surface area contributed by atoms with E-state index >= 15 is 0 Å². The fourth-order valence-electron chi connectivity index (χ4n) is 2.35. The second-order valence-electron chi connectivity index (χ2n) is 6.13. The lowest BCUT2D eigenvalue weighted by Gasteiger charge is -2.25. The Morgan fingerprint density at radius 3 is 2.75 bits per heavy atom. The predicted octanol–water partition coefficient (Wildman–Crippen LogP) is 1.18. The molecule has 0 spiro atoms. The Kier molecular flexibility index (Phi) is 5.76. The molecule has 1 atom stereocenters. The van der Waals surface area contributed by atoms with Crippen molar-refractivity contribution < 1.29 is 8.42 Å². The van der Waals surface area contributed by atoms with E-state index in [0.717, 1.165) is 25.1 Å². The monoisotopic (exact) mass is 321 g/mol. The number of rotatable bonds is 9. The highest BCUT2D eigenvalue weighted by atomic mass is 32.2. The SMILES string of the molecule is CN(CCCNC1CC1)S(=O)(=O)NCC1(C)CCCS1. The number of thioether (sulfide) groups is 1. The minimum atomic E-state index is -3.33. The van der Waals surface area contributed by atoms with Gasteiger partial charge in [0.2, 0.25) is 0 Å². The van der Waals surface area contributed by atoms with E-state index in [4.69, 9.17) is 0 Å². The van der Waals surface area contributed by atoms with Gasteiger partial charge in [0.1, 0.15) is 0 Å². The molecular weight excluding hydrogens is 294 g/mol. The summed E-state index contributed by atoms with van der Waals surface area (Å²) < 4.78 is 28.6. The van der Waals surface area contributed by atoms with Gasteiger partial charge in [0.25, 0.3) is 10.2 Å². The molecule has 2 N–H and O–H groups in total. The van der Waals surface area contributed by atoms with Crippen LogP contribution in [0.1, 0.15) is 39.0 Å². The summed E-state index contributed by atoms with van der Waals surface area (Å²) in [7, 11) is -1.67. The summed E-state index contributed by atoms with van der Waals surface area (Å²) in [6, 6.07) is 0.689. The summed E-state index contributed by atoms with van der Waals surface area (Å²) in [5.74, 6) is 1.14. The van der Waals surface area contributed by atoms with Crippen LogP contribution in [0.25, 0.3) is 0 Å². The van der Waals surface area contributed by atoms with E-state index < -0.39 is 10.2 Å². The van der Waals surface area contributed by atoms with Crippen LogP contribution in [0.4, 0.5) is 0 Å². The van der Waals surface area contributed by atoms with Crippen LogP contribution < -0.4 is 10.0 Å². The highest BCUT2D eigenvalue weighted by Gasteiger charge is 2.31. The van der Waals surface area contributed by atoms with Crippen molar-refractivity contribution in [1.29, 1.82) is 0 Å². The van der Waals surface area contributed by atoms with E-state index in [1.165, 1.54) is 23.6 Å². The first-order valence-corrected chi connectivity index (χ1v) is 9.92. The second kappa shape index (κ2) is 6.96. The van der Waals surface area contributed by atoms with E-state index in [1.54, 1.807) is 7.05 Å². The highest BCUT2D eigenvalue weighted by molar-refractivity contribution is 8.00. The van der Waals surface area contributed by atoms with Crippen molar-refractivity contribution in [3.8, 4) is 0 Å². The number of hydrogen-bond donors (Lipinski definition) is 2. The third-order valence-electron chi connectivity index (χ3n) is 4.00. The van der Waals surface area contributed by atoms with Crippen LogP contribution in [0.2, 0.25) is 0 Å². The van der Waals surface area contributed by atoms with Crippen LogP contribution >= 0.6 is 11.8 Å². The predicted molar refractivity (Wildman–Crippen MR) is 85.3 cm³/mol. The molecule has 0 aromatic heterocycles. The standard InChI is InChI=1S/C13H27N3O2S2/c1-13(7-3-10-19-13)11-15-20(17,18)16(2)9-4-8-14-12-5-6-12/h12,14-15H,3-11H2,1-2H3. The average Bonchev–Trinajstić information content (AvgIpc) is 3.13. The van der Waals surface area contributed by atoms with Gasteiger partial charge < -0.3 is 5.32 Å². The molecule has 1 unspecified atom stereocenters. The first kappa shape index (κ1) is 16.5. The van der Waals surface area contributed by atoms with Gasteiger partial charge in [-0.15, -0.1) is 0 Å². The van der Waals surface area contributed by atoms with Crippen LogP contribution in [-0.2, 0) is 10.2 Å². The Bertz CT molecular complexity index is 404. The zero-order chi connectivity index (χ0) is 14.6. The fraction of sp³-hybridized carbons (Fsp3) is 1.00. The summed E-state index contributed by atoms with van der Waals surface area (Å²) in [4.78, 5) is 0. The van der Waals surface area contributed by atoms with Gasteiger partial charge in [0, 0.05) is 30.9 Å². The largest absolute Gasteiger partial charge is 0.314 e. The van der Waals surface area contributed by atoms with Gasteiger partial charge in [-0.2, -0.15) is 24.5 Å². The molecule has 1 saturated carbocycles. The molecule has 0 aromatic carbocycles. The third-order valence-corrected chi connectivity index (χ3v) is 7.05. The van der Waals surface area contributed by atoms with Crippen LogP contribution in [0.5, 0.6) is 0 Å². The molecule has 2 rings (SSSR count). The summed E-state index contributed by atoms with van der Waals surface area (Å²) in [6.07, 6.45) is 5.68. The van der Waals surface area contributed by atoms with Crippen molar-refractivity contribution in [2.75, 3.05) is 32.4 Å². The molecule has 1 heterocycles. The van der Waals surface area contributed by atoms with Gasteiger partial charge in [-0.25, -0.2) is 4.72 Å². The molecule has 5 nitrogen and oxygen atoms in total. The molecule has 2 aliphatic rings. The Morgan fingerprint density at radius 1 is 1.40 bits per heavy atom. The normalized spacial score (nSPS) is 27.4. The molecule has 0 radical (unpaired) electrons. The Morgan fingerprint density at radius 2 is 2.15 bits per heavy atom. The molecule has 1 aliphatic heterocycles. The Hall–Kier alpha value is 0.180. The minimum Gasteiger partial charge on any atom is -0.314 e. The topological polar surface area (TPSA) is 61.4 Å². The van der Waals surface area contributed by atoms with Crippen molar-refractivity contribution in [2.45, 2.75) is 49.8 Å². The summed E-state index contributed by atoms with van der Waals surface area (Å²) >= 11 is 1.87. The average molecular weight is 322 g/mol. The molecule has 7 heteroatoms. The molecule has 0 amide bonds. The molecule has 0 aromatic rings. The molecular formula is C13H27N3O2S2. The lowest BCUT2D eigenvalue weighted by molar-refractivity contribution is 0.439. The lowest BCUT2D eigenvalue weighted by atomic mass is 10.1. The first-order chi connectivity index (χ1) is 9.41. The van der Waals surface area contributed by atoms with Gasteiger partial charge in [-0.1, -0.05) is 0 Å². The van der Waals surface area contributed by atoms with E-state index in [-0.39, 0.29) is 4.75 Å². The lowest BCUT2D eigenvalue weighted by Crippen LogP contribution is -2.44. The molecule has 2 fully saturated rings. The molecule has 1 aliphatic carbocycles. The van der Waals surface area contributed by atoms with Gasteiger partial charge in [-0.05, 0) is 51.3 Å². The van der Waals surface area contributed by atoms with Crippen LogP contribution in [0, 0.1) is 0 Å². The number of nitrogens with one attached hydrogen (secondary N) is 2. The van der Waals surface area contributed by atoms with Gasteiger partial charge >= 0.3 is 0 Å². The van der Waals surface area contributed by atoms with Crippen LogP contribution in [0.15, 0.2) is 0 Å².